The van der Waals surface area contributed by atoms with Gasteiger partial charge in [0.25, 0.3) is 0 Å². The van der Waals surface area contributed by atoms with E-state index in [1.807, 2.05) is 10.9 Å². The van der Waals surface area contributed by atoms with Crippen LogP contribution in [0.3, 0.4) is 0 Å². The standard InChI is InChI=1S/C10H15N3O2/c1-12-3-2-9(7-12)13-6-8(5-11-13)4-10(14)15/h5-6,9H,2-4,7H2,1H3,(H,14,15). The van der Waals surface area contributed by atoms with E-state index in [-0.39, 0.29) is 6.42 Å². The number of carbonyl (C=O) groups is 1. The summed E-state index contributed by atoms with van der Waals surface area (Å²) in [7, 11) is 2.08. The highest BCUT2D eigenvalue weighted by Gasteiger charge is 2.21. The van der Waals surface area contributed by atoms with Crippen LogP contribution in [0.1, 0.15) is 18.0 Å². The normalized spacial score (nSPS) is 22.1. The third-order valence-electron chi connectivity index (χ3n) is 2.75. The molecule has 1 aromatic rings. The molecule has 1 aliphatic heterocycles. The highest BCUT2D eigenvalue weighted by Crippen LogP contribution is 2.19. The van der Waals surface area contributed by atoms with E-state index >= 15 is 0 Å². The summed E-state index contributed by atoms with van der Waals surface area (Å²) in [5.41, 5.74) is 0.775. The maximum atomic E-state index is 10.5. The van der Waals surface area contributed by atoms with Crippen molar-refractivity contribution in [2.24, 2.45) is 0 Å². The summed E-state index contributed by atoms with van der Waals surface area (Å²) in [6.07, 6.45) is 4.64. The Kier molecular flexibility index (Phi) is 2.73. The van der Waals surface area contributed by atoms with Crippen LogP contribution in [0.4, 0.5) is 0 Å². The third kappa shape index (κ3) is 2.36. The Balaban J connectivity index is 2.03. The number of nitrogens with zero attached hydrogens (tertiary/aromatic N) is 3. The lowest BCUT2D eigenvalue weighted by Crippen LogP contribution is -2.16. The fourth-order valence-corrected chi connectivity index (χ4v) is 1.97. The molecule has 5 heteroatoms. The van der Waals surface area contributed by atoms with Gasteiger partial charge < -0.3 is 10.0 Å². The minimum Gasteiger partial charge on any atom is -0.481 e. The number of carboxylic acids is 1. The lowest BCUT2D eigenvalue weighted by Gasteiger charge is -2.10. The monoisotopic (exact) mass is 209 g/mol. The molecule has 2 heterocycles. The first kappa shape index (κ1) is 10.2. The van der Waals surface area contributed by atoms with Gasteiger partial charge in [0.15, 0.2) is 0 Å². The molecule has 5 nitrogen and oxygen atoms in total. The van der Waals surface area contributed by atoms with Gasteiger partial charge in [-0.25, -0.2) is 0 Å². The van der Waals surface area contributed by atoms with Crippen LogP contribution >= 0.6 is 0 Å². The largest absolute Gasteiger partial charge is 0.481 e. The van der Waals surface area contributed by atoms with E-state index in [1.54, 1.807) is 6.20 Å². The van der Waals surface area contributed by atoms with E-state index in [0.717, 1.165) is 25.1 Å². The molecule has 0 aliphatic carbocycles. The molecule has 1 saturated heterocycles. The molecule has 1 aliphatic rings. The third-order valence-corrected chi connectivity index (χ3v) is 2.75. The van der Waals surface area contributed by atoms with Crippen LogP contribution < -0.4 is 0 Å². The van der Waals surface area contributed by atoms with Gasteiger partial charge in [-0.05, 0) is 20.0 Å². The van der Waals surface area contributed by atoms with Crippen molar-refractivity contribution >= 4 is 5.97 Å². The van der Waals surface area contributed by atoms with Gasteiger partial charge in [-0.3, -0.25) is 9.48 Å². The summed E-state index contributed by atoms with van der Waals surface area (Å²) in [6, 6.07) is 0.401. The first-order chi connectivity index (χ1) is 7.15. The van der Waals surface area contributed by atoms with Gasteiger partial charge in [-0.1, -0.05) is 0 Å². The average Bonchev–Trinajstić information content (AvgIpc) is 2.72. The topological polar surface area (TPSA) is 58.4 Å². The molecule has 0 bridgehead atoms. The van der Waals surface area contributed by atoms with Gasteiger partial charge >= 0.3 is 5.97 Å². The number of rotatable bonds is 3. The lowest BCUT2D eigenvalue weighted by atomic mass is 10.2. The van der Waals surface area contributed by atoms with Crippen molar-refractivity contribution in [3.63, 3.8) is 0 Å². The summed E-state index contributed by atoms with van der Waals surface area (Å²) >= 11 is 0. The predicted molar refractivity (Wildman–Crippen MR) is 54.7 cm³/mol. The molecular weight excluding hydrogens is 194 g/mol. The van der Waals surface area contributed by atoms with E-state index in [1.165, 1.54) is 0 Å². The highest BCUT2D eigenvalue weighted by molar-refractivity contribution is 5.69. The van der Waals surface area contributed by atoms with Crippen LogP contribution in [0.5, 0.6) is 0 Å². The van der Waals surface area contributed by atoms with Crippen LogP contribution in [0.2, 0.25) is 0 Å². The van der Waals surface area contributed by atoms with Crippen LogP contribution in [0, 0.1) is 0 Å². The van der Waals surface area contributed by atoms with Crippen molar-refractivity contribution in [3.8, 4) is 0 Å². The van der Waals surface area contributed by atoms with Crippen molar-refractivity contribution < 1.29 is 9.90 Å². The van der Waals surface area contributed by atoms with Crippen molar-refractivity contribution in [1.29, 1.82) is 0 Å². The summed E-state index contributed by atoms with van der Waals surface area (Å²) in [6.45, 7) is 2.08. The van der Waals surface area contributed by atoms with Crippen LogP contribution in [0.15, 0.2) is 12.4 Å². The first-order valence-electron chi connectivity index (χ1n) is 5.08. The minimum atomic E-state index is -0.807. The average molecular weight is 209 g/mol. The molecule has 0 aromatic carbocycles. The Morgan fingerprint density at radius 2 is 2.53 bits per heavy atom. The number of likely N-dealkylation sites (N-methyl/N-ethyl adjacent to an activating group) is 1. The summed E-state index contributed by atoms with van der Waals surface area (Å²) in [5, 5.41) is 12.9. The van der Waals surface area contributed by atoms with E-state index < -0.39 is 5.97 Å². The van der Waals surface area contributed by atoms with Crippen LogP contribution in [-0.4, -0.2) is 45.9 Å². The van der Waals surface area contributed by atoms with Crippen LogP contribution in [-0.2, 0) is 11.2 Å². The number of aromatic nitrogens is 2. The Hall–Kier alpha value is -1.36. The Labute approximate surface area is 88.3 Å². The van der Waals surface area contributed by atoms with E-state index in [0.29, 0.717) is 6.04 Å². The van der Waals surface area contributed by atoms with Crippen molar-refractivity contribution in [2.75, 3.05) is 20.1 Å². The Morgan fingerprint density at radius 1 is 1.73 bits per heavy atom. The fraction of sp³-hybridized carbons (Fsp3) is 0.600. The molecule has 0 saturated carbocycles. The summed E-state index contributed by atoms with van der Waals surface area (Å²) < 4.78 is 1.89. The molecule has 0 amide bonds. The van der Waals surface area contributed by atoms with Gasteiger partial charge in [-0.15, -0.1) is 0 Å². The predicted octanol–water partition coefficient (Wildman–Crippen LogP) is 0.387. The number of hydrogen-bond acceptors (Lipinski definition) is 3. The van der Waals surface area contributed by atoms with Gasteiger partial charge in [-0.2, -0.15) is 5.10 Å². The molecule has 1 atom stereocenters. The Morgan fingerprint density at radius 3 is 3.13 bits per heavy atom. The molecule has 0 radical (unpaired) electrons. The quantitative estimate of drug-likeness (QED) is 0.782. The molecular formula is C10H15N3O2. The van der Waals surface area contributed by atoms with Crippen molar-refractivity contribution in [1.82, 2.24) is 14.7 Å². The van der Waals surface area contributed by atoms with E-state index in [9.17, 15) is 4.79 Å². The zero-order valence-electron chi connectivity index (χ0n) is 8.76. The molecule has 15 heavy (non-hydrogen) atoms. The smallest absolute Gasteiger partial charge is 0.307 e. The maximum absolute atomic E-state index is 10.5. The van der Waals surface area contributed by atoms with Gasteiger partial charge in [0.2, 0.25) is 0 Å². The second-order valence-corrected chi connectivity index (χ2v) is 4.10. The van der Waals surface area contributed by atoms with Gasteiger partial charge in [0.1, 0.15) is 0 Å². The zero-order valence-corrected chi connectivity index (χ0v) is 8.76. The Bertz CT molecular complexity index is 361. The zero-order chi connectivity index (χ0) is 10.8. The molecule has 1 fully saturated rings. The second kappa shape index (κ2) is 4.02. The van der Waals surface area contributed by atoms with Gasteiger partial charge in [0, 0.05) is 18.3 Å². The van der Waals surface area contributed by atoms with Crippen molar-refractivity contribution in [3.05, 3.63) is 18.0 Å². The minimum absolute atomic E-state index is 0.0581. The number of carboxylic acid groups (broad SMARTS) is 1. The molecule has 82 valence electrons. The number of aliphatic carboxylic acids is 1. The number of likely N-dealkylation sites (tertiary alicyclic amines) is 1. The van der Waals surface area contributed by atoms with Gasteiger partial charge in [0.05, 0.1) is 18.7 Å². The summed E-state index contributed by atoms with van der Waals surface area (Å²) in [4.78, 5) is 12.8. The maximum Gasteiger partial charge on any atom is 0.307 e. The highest BCUT2D eigenvalue weighted by atomic mass is 16.4. The van der Waals surface area contributed by atoms with E-state index in [2.05, 4.69) is 17.0 Å². The molecule has 1 N–H and O–H groups in total. The molecule has 0 spiro atoms. The molecule has 2 rings (SSSR count). The fourth-order valence-electron chi connectivity index (χ4n) is 1.97. The second-order valence-electron chi connectivity index (χ2n) is 4.10. The first-order valence-corrected chi connectivity index (χ1v) is 5.08. The van der Waals surface area contributed by atoms with Crippen molar-refractivity contribution in [2.45, 2.75) is 18.9 Å². The molecule has 1 aromatic heterocycles. The van der Waals surface area contributed by atoms with Crippen LogP contribution in [0.25, 0.3) is 0 Å². The lowest BCUT2D eigenvalue weighted by molar-refractivity contribution is -0.136. The molecule has 1 unspecified atom stereocenters. The number of hydrogen-bond donors (Lipinski definition) is 1. The van der Waals surface area contributed by atoms with E-state index in [4.69, 9.17) is 5.11 Å². The SMILES string of the molecule is CN1CCC(n2cc(CC(=O)O)cn2)C1. The summed E-state index contributed by atoms with van der Waals surface area (Å²) in [5.74, 6) is -0.807.